The lowest BCUT2D eigenvalue weighted by Crippen LogP contribution is -2.00. The predicted molar refractivity (Wildman–Crippen MR) is 69.3 cm³/mol. The second kappa shape index (κ2) is 4.69. The van der Waals surface area contributed by atoms with Crippen LogP contribution in [0.25, 0.3) is 11.1 Å². The molecule has 102 valence electrons. The zero-order chi connectivity index (χ0) is 14.1. The molecule has 0 bridgehead atoms. The minimum atomic E-state index is -0.628. The van der Waals surface area contributed by atoms with Gasteiger partial charge in [-0.25, -0.2) is 0 Å². The van der Waals surface area contributed by atoms with Crippen LogP contribution in [0.3, 0.4) is 0 Å². The molecule has 0 fully saturated rings. The number of hydrogen-bond donors (Lipinski definition) is 0. The summed E-state index contributed by atoms with van der Waals surface area (Å²) in [5.41, 5.74) is 1.79. The Kier molecular flexibility index (Phi) is 2.86. The highest BCUT2D eigenvalue weighted by atomic mass is 16.7. The maximum Gasteiger partial charge on any atom is 0.277 e. The molecule has 0 unspecified atom stereocenters. The number of benzene rings is 1. The minimum absolute atomic E-state index is 0.00500. The lowest BCUT2D eigenvalue weighted by Gasteiger charge is -2.11. The molecule has 0 saturated carbocycles. The van der Waals surface area contributed by atoms with Crippen molar-refractivity contribution in [3.8, 4) is 11.1 Å². The summed E-state index contributed by atoms with van der Waals surface area (Å²) in [5, 5.41) is 15.3. The third-order valence-electron chi connectivity index (χ3n) is 2.97. The second-order valence-electron chi connectivity index (χ2n) is 4.31. The van der Waals surface area contributed by atoms with Crippen molar-refractivity contribution in [3.05, 3.63) is 58.8 Å². The lowest BCUT2D eigenvalue weighted by molar-refractivity contribution is -0.384. The molecule has 1 aliphatic rings. The van der Waals surface area contributed by atoms with E-state index in [1.807, 2.05) is 0 Å². The maximum atomic E-state index is 11.3. The zero-order valence-corrected chi connectivity index (χ0v) is 10.6. The van der Waals surface area contributed by atoms with Crippen LogP contribution in [0.4, 0.5) is 5.69 Å². The van der Waals surface area contributed by atoms with Crippen molar-refractivity contribution in [1.82, 2.24) is 9.78 Å². The molecule has 2 aromatic rings. The van der Waals surface area contributed by atoms with Gasteiger partial charge < -0.3 is 9.47 Å². The molecule has 0 radical (unpaired) electrons. The topological polar surface area (TPSA) is 79.4 Å². The molecule has 0 aliphatic carbocycles. The molecule has 1 aliphatic heterocycles. The van der Waals surface area contributed by atoms with Gasteiger partial charge in [0.2, 0.25) is 0 Å². The number of hydrogen-bond acceptors (Lipinski definition) is 5. The Morgan fingerprint density at radius 3 is 2.70 bits per heavy atom. The molecule has 7 heteroatoms. The molecule has 1 aromatic heterocycles. The van der Waals surface area contributed by atoms with Gasteiger partial charge >= 0.3 is 0 Å². The summed E-state index contributed by atoms with van der Waals surface area (Å²) >= 11 is 0. The first-order chi connectivity index (χ1) is 9.65. The maximum absolute atomic E-state index is 11.3. The summed E-state index contributed by atoms with van der Waals surface area (Å²) in [7, 11) is 1.76. The fourth-order valence-electron chi connectivity index (χ4n) is 2.05. The summed E-state index contributed by atoms with van der Waals surface area (Å²) in [6, 6.07) is 4.88. The van der Waals surface area contributed by atoms with Gasteiger partial charge in [0, 0.05) is 30.4 Å². The van der Waals surface area contributed by atoms with E-state index in [-0.39, 0.29) is 5.69 Å². The first kappa shape index (κ1) is 12.2. The highest BCUT2D eigenvalue weighted by Gasteiger charge is 2.22. The molecular weight excluding hydrogens is 262 g/mol. The van der Waals surface area contributed by atoms with E-state index in [0.29, 0.717) is 16.7 Å². The Hall–Kier alpha value is -2.83. The number of ether oxygens (including phenoxy) is 2. The summed E-state index contributed by atoms with van der Waals surface area (Å²) < 4.78 is 12.0. The number of nitro groups is 1. The van der Waals surface area contributed by atoms with E-state index >= 15 is 0 Å². The van der Waals surface area contributed by atoms with Crippen LogP contribution in [-0.2, 0) is 16.5 Å². The van der Waals surface area contributed by atoms with Gasteiger partial charge in [0.1, 0.15) is 12.5 Å². The third kappa shape index (κ3) is 2.09. The Bertz CT molecular complexity index is 685. The SMILES string of the molecule is Cn1cc(-c2ccc(C3OC=CO3)cc2[N+](=O)[O-])cn1. The minimum Gasteiger partial charge on any atom is -0.455 e. The Balaban J connectivity index is 2.04. The van der Waals surface area contributed by atoms with Gasteiger partial charge in [0.05, 0.1) is 16.7 Å². The number of nitrogens with zero attached hydrogens (tertiary/aromatic N) is 3. The van der Waals surface area contributed by atoms with E-state index in [9.17, 15) is 10.1 Å². The molecule has 0 N–H and O–H groups in total. The molecule has 0 saturated heterocycles. The predicted octanol–water partition coefficient (Wildman–Crippen LogP) is 2.51. The largest absolute Gasteiger partial charge is 0.455 e. The van der Waals surface area contributed by atoms with Crippen molar-refractivity contribution in [2.75, 3.05) is 0 Å². The van der Waals surface area contributed by atoms with E-state index < -0.39 is 11.2 Å². The van der Waals surface area contributed by atoms with Gasteiger partial charge in [-0.3, -0.25) is 14.8 Å². The molecule has 20 heavy (non-hydrogen) atoms. The summed E-state index contributed by atoms with van der Waals surface area (Å²) in [6.07, 6.45) is 5.51. The average Bonchev–Trinajstić information content (AvgIpc) is 3.09. The number of nitro benzene ring substituents is 1. The van der Waals surface area contributed by atoms with Crippen LogP contribution in [0.15, 0.2) is 43.1 Å². The van der Waals surface area contributed by atoms with Gasteiger partial charge in [-0.1, -0.05) is 6.07 Å². The smallest absolute Gasteiger partial charge is 0.277 e. The highest BCUT2D eigenvalue weighted by Crippen LogP contribution is 2.34. The number of aromatic nitrogens is 2. The van der Waals surface area contributed by atoms with Gasteiger partial charge in [0.15, 0.2) is 0 Å². The molecule has 3 rings (SSSR count). The van der Waals surface area contributed by atoms with Crippen LogP contribution < -0.4 is 0 Å². The summed E-state index contributed by atoms with van der Waals surface area (Å²) in [6.45, 7) is 0. The van der Waals surface area contributed by atoms with Crippen molar-refractivity contribution in [2.45, 2.75) is 6.29 Å². The molecular formula is C13H11N3O4. The molecule has 0 atom stereocenters. The van der Waals surface area contributed by atoms with Crippen molar-refractivity contribution in [2.24, 2.45) is 7.05 Å². The fraction of sp³-hybridized carbons (Fsp3) is 0.154. The molecule has 2 heterocycles. The quantitative estimate of drug-likeness (QED) is 0.634. The Labute approximate surface area is 114 Å². The number of rotatable bonds is 3. The first-order valence-corrected chi connectivity index (χ1v) is 5.88. The Morgan fingerprint density at radius 1 is 1.35 bits per heavy atom. The van der Waals surface area contributed by atoms with Crippen LogP contribution in [0, 0.1) is 10.1 Å². The molecule has 1 aromatic carbocycles. The number of aryl methyl sites for hydroxylation is 1. The van der Waals surface area contributed by atoms with Crippen LogP contribution in [0.2, 0.25) is 0 Å². The van der Waals surface area contributed by atoms with Gasteiger partial charge in [0.25, 0.3) is 12.0 Å². The standard InChI is InChI=1S/C13H11N3O4/c1-15-8-10(7-14-15)11-3-2-9(6-12(11)16(17)18)13-19-4-5-20-13/h2-8,13H,1H3. The van der Waals surface area contributed by atoms with Crippen molar-refractivity contribution < 1.29 is 14.4 Å². The van der Waals surface area contributed by atoms with Crippen LogP contribution in [0.5, 0.6) is 0 Å². The van der Waals surface area contributed by atoms with Gasteiger partial charge in [-0.05, 0) is 6.07 Å². The van der Waals surface area contributed by atoms with E-state index in [2.05, 4.69) is 5.10 Å². The van der Waals surface area contributed by atoms with E-state index in [4.69, 9.17) is 9.47 Å². The second-order valence-corrected chi connectivity index (χ2v) is 4.31. The Morgan fingerprint density at radius 2 is 2.10 bits per heavy atom. The van der Waals surface area contributed by atoms with Crippen LogP contribution in [0.1, 0.15) is 11.9 Å². The summed E-state index contributed by atoms with van der Waals surface area (Å²) in [5.74, 6) is 0. The third-order valence-corrected chi connectivity index (χ3v) is 2.97. The van der Waals surface area contributed by atoms with E-state index in [1.54, 1.807) is 36.3 Å². The average molecular weight is 273 g/mol. The van der Waals surface area contributed by atoms with Crippen molar-refractivity contribution >= 4 is 5.69 Å². The summed E-state index contributed by atoms with van der Waals surface area (Å²) in [4.78, 5) is 10.8. The fourth-order valence-corrected chi connectivity index (χ4v) is 2.05. The van der Waals surface area contributed by atoms with Gasteiger partial charge in [-0.15, -0.1) is 0 Å². The first-order valence-electron chi connectivity index (χ1n) is 5.88. The normalized spacial score (nSPS) is 14.1. The van der Waals surface area contributed by atoms with E-state index in [1.165, 1.54) is 18.6 Å². The van der Waals surface area contributed by atoms with Crippen molar-refractivity contribution in [3.63, 3.8) is 0 Å². The van der Waals surface area contributed by atoms with E-state index in [0.717, 1.165) is 0 Å². The monoisotopic (exact) mass is 273 g/mol. The molecule has 0 spiro atoms. The van der Waals surface area contributed by atoms with Crippen LogP contribution in [-0.4, -0.2) is 14.7 Å². The lowest BCUT2D eigenvalue weighted by atomic mass is 10.0. The van der Waals surface area contributed by atoms with Gasteiger partial charge in [-0.2, -0.15) is 5.10 Å². The van der Waals surface area contributed by atoms with Crippen LogP contribution >= 0.6 is 0 Å². The highest BCUT2D eigenvalue weighted by molar-refractivity contribution is 5.73. The van der Waals surface area contributed by atoms with Crippen molar-refractivity contribution in [1.29, 1.82) is 0 Å². The zero-order valence-electron chi connectivity index (χ0n) is 10.6. The molecule has 0 amide bonds. The molecule has 7 nitrogen and oxygen atoms in total.